The van der Waals surface area contributed by atoms with Crippen LogP contribution in [-0.4, -0.2) is 5.78 Å². The molecule has 0 bridgehead atoms. The molecule has 68 valence electrons. The van der Waals surface area contributed by atoms with Crippen molar-refractivity contribution >= 4 is 5.78 Å². The highest BCUT2D eigenvalue weighted by molar-refractivity contribution is 5.85. The maximum atomic E-state index is 11.3. The van der Waals surface area contributed by atoms with Gasteiger partial charge in [-0.1, -0.05) is 42.5 Å². The van der Waals surface area contributed by atoms with E-state index in [9.17, 15) is 4.79 Å². The summed E-state index contributed by atoms with van der Waals surface area (Å²) in [4.78, 5) is 11.3. The molecule has 0 N–H and O–H groups in total. The van der Waals surface area contributed by atoms with Gasteiger partial charge in [-0.2, -0.15) is 0 Å². The van der Waals surface area contributed by atoms with E-state index in [1.54, 1.807) is 6.92 Å². The highest BCUT2D eigenvalue weighted by Gasteiger charge is 2.11. The van der Waals surface area contributed by atoms with Crippen LogP contribution in [0.5, 0.6) is 0 Å². The number of carbonyl (C=O) groups excluding carboxylic acids is 1. The SMILES string of the molecule is C/C=C\C(C(C)=O)c1ccccc1. The molecule has 0 radical (unpaired) electrons. The van der Waals surface area contributed by atoms with Crippen LogP contribution in [0.2, 0.25) is 0 Å². The van der Waals surface area contributed by atoms with Gasteiger partial charge in [-0.25, -0.2) is 0 Å². The van der Waals surface area contributed by atoms with Gasteiger partial charge in [0.05, 0.1) is 5.92 Å². The highest BCUT2D eigenvalue weighted by Crippen LogP contribution is 2.17. The predicted molar refractivity (Wildman–Crippen MR) is 54.7 cm³/mol. The molecule has 0 fully saturated rings. The zero-order valence-corrected chi connectivity index (χ0v) is 8.03. The smallest absolute Gasteiger partial charge is 0.141 e. The first kappa shape index (κ1) is 9.72. The van der Waals surface area contributed by atoms with Crippen LogP contribution in [0.25, 0.3) is 0 Å². The van der Waals surface area contributed by atoms with Crippen LogP contribution in [0.3, 0.4) is 0 Å². The normalized spacial score (nSPS) is 13.1. The Hall–Kier alpha value is -1.37. The van der Waals surface area contributed by atoms with Gasteiger partial charge in [-0.3, -0.25) is 4.79 Å². The number of allylic oxidation sites excluding steroid dienone is 2. The summed E-state index contributed by atoms with van der Waals surface area (Å²) in [5, 5.41) is 0. The first-order valence-corrected chi connectivity index (χ1v) is 4.44. The third-order valence-electron chi connectivity index (χ3n) is 1.98. The Bertz CT molecular complexity index is 298. The molecule has 0 saturated carbocycles. The molecule has 0 amide bonds. The topological polar surface area (TPSA) is 17.1 Å². The molecule has 1 heteroatoms. The van der Waals surface area contributed by atoms with E-state index in [1.807, 2.05) is 49.4 Å². The van der Waals surface area contributed by atoms with Crippen molar-refractivity contribution in [1.29, 1.82) is 0 Å². The van der Waals surface area contributed by atoms with Gasteiger partial charge in [-0.15, -0.1) is 0 Å². The van der Waals surface area contributed by atoms with Crippen molar-refractivity contribution in [3.63, 3.8) is 0 Å². The van der Waals surface area contributed by atoms with Crippen LogP contribution in [0.15, 0.2) is 42.5 Å². The molecule has 0 aromatic heterocycles. The van der Waals surface area contributed by atoms with Crippen molar-refractivity contribution in [2.24, 2.45) is 0 Å². The van der Waals surface area contributed by atoms with Crippen LogP contribution in [0.4, 0.5) is 0 Å². The van der Waals surface area contributed by atoms with Crippen LogP contribution in [-0.2, 0) is 4.79 Å². The van der Waals surface area contributed by atoms with E-state index in [4.69, 9.17) is 0 Å². The molecule has 1 aromatic rings. The number of Topliss-reactive ketones (excluding diaryl/α,β-unsaturated/α-hetero) is 1. The lowest BCUT2D eigenvalue weighted by atomic mass is 9.95. The largest absolute Gasteiger partial charge is 0.299 e. The van der Waals surface area contributed by atoms with Crippen LogP contribution in [0, 0.1) is 0 Å². The van der Waals surface area contributed by atoms with Crippen molar-refractivity contribution in [2.75, 3.05) is 0 Å². The van der Waals surface area contributed by atoms with Gasteiger partial charge in [0, 0.05) is 0 Å². The molecule has 0 spiro atoms. The summed E-state index contributed by atoms with van der Waals surface area (Å²) in [5.41, 5.74) is 1.06. The second-order valence-electron chi connectivity index (χ2n) is 3.02. The minimum absolute atomic E-state index is 0.0776. The van der Waals surface area contributed by atoms with Crippen molar-refractivity contribution in [3.8, 4) is 0 Å². The van der Waals surface area contributed by atoms with E-state index in [0.29, 0.717) is 0 Å². The molecule has 1 atom stereocenters. The quantitative estimate of drug-likeness (QED) is 0.644. The molecule has 13 heavy (non-hydrogen) atoms. The van der Waals surface area contributed by atoms with Gasteiger partial charge >= 0.3 is 0 Å². The zero-order valence-electron chi connectivity index (χ0n) is 8.03. The molecule has 1 unspecified atom stereocenters. The standard InChI is InChI=1S/C12H14O/c1-3-7-12(10(2)13)11-8-5-4-6-9-11/h3-9,12H,1-2H3/b7-3-. The second-order valence-corrected chi connectivity index (χ2v) is 3.02. The van der Waals surface area contributed by atoms with Crippen LogP contribution in [0.1, 0.15) is 25.3 Å². The summed E-state index contributed by atoms with van der Waals surface area (Å²) in [6.45, 7) is 3.55. The number of ketones is 1. The summed E-state index contributed by atoms with van der Waals surface area (Å²) < 4.78 is 0. The van der Waals surface area contributed by atoms with Gasteiger partial charge in [-0.05, 0) is 19.4 Å². The summed E-state index contributed by atoms with van der Waals surface area (Å²) in [6.07, 6.45) is 3.84. The molecule has 0 aliphatic carbocycles. The first-order chi connectivity index (χ1) is 6.25. The average molecular weight is 174 g/mol. The molecule has 1 aromatic carbocycles. The maximum Gasteiger partial charge on any atom is 0.141 e. The van der Waals surface area contributed by atoms with E-state index in [0.717, 1.165) is 5.56 Å². The molecule has 0 aliphatic rings. The van der Waals surface area contributed by atoms with E-state index < -0.39 is 0 Å². The summed E-state index contributed by atoms with van der Waals surface area (Å²) in [7, 11) is 0. The lowest BCUT2D eigenvalue weighted by Gasteiger charge is -2.08. The molecular formula is C12H14O. The Morgan fingerprint density at radius 3 is 2.38 bits per heavy atom. The number of hydrogen-bond acceptors (Lipinski definition) is 1. The third-order valence-corrected chi connectivity index (χ3v) is 1.98. The maximum absolute atomic E-state index is 11.3. The Balaban J connectivity index is 2.96. The summed E-state index contributed by atoms with van der Waals surface area (Å²) in [5.74, 6) is 0.107. The van der Waals surface area contributed by atoms with Crippen molar-refractivity contribution in [3.05, 3.63) is 48.0 Å². The zero-order chi connectivity index (χ0) is 9.68. The van der Waals surface area contributed by atoms with Gasteiger partial charge in [0.2, 0.25) is 0 Å². The number of rotatable bonds is 3. The van der Waals surface area contributed by atoms with Gasteiger partial charge in [0.25, 0.3) is 0 Å². The fraction of sp³-hybridized carbons (Fsp3) is 0.250. The van der Waals surface area contributed by atoms with Gasteiger partial charge < -0.3 is 0 Å². The van der Waals surface area contributed by atoms with Gasteiger partial charge in [0.1, 0.15) is 5.78 Å². The van der Waals surface area contributed by atoms with Crippen molar-refractivity contribution in [2.45, 2.75) is 19.8 Å². The first-order valence-electron chi connectivity index (χ1n) is 4.44. The Morgan fingerprint density at radius 1 is 1.31 bits per heavy atom. The number of benzene rings is 1. The number of carbonyl (C=O) groups is 1. The van der Waals surface area contributed by atoms with Crippen molar-refractivity contribution in [1.82, 2.24) is 0 Å². The second kappa shape index (κ2) is 4.61. The average Bonchev–Trinajstić information content (AvgIpc) is 2.15. The number of hydrogen-bond donors (Lipinski definition) is 0. The molecular weight excluding hydrogens is 160 g/mol. The summed E-state index contributed by atoms with van der Waals surface area (Å²) >= 11 is 0. The Morgan fingerprint density at radius 2 is 1.92 bits per heavy atom. The molecule has 0 aliphatic heterocycles. The van der Waals surface area contributed by atoms with E-state index >= 15 is 0 Å². The van der Waals surface area contributed by atoms with E-state index in [-0.39, 0.29) is 11.7 Å². The van der Waals surface area contributed by atoms with Crippen LogP contribution >= 0.6 is 0 Å². The molecule has 0 saturated heterocycles. The lowest BCUT2D eigenvalue weighted by molar-refractivity contribution is -0.117. The van der Waals surface area contributed by atoms with Crippen molar-refractivity contribution < 1.29 is 4.79 Å². The Kier molecular flexibility index (Phi) is 3.44. The highest BCUT2D eigenvalue weighted by atomic mass is 16.1. The fourth-order valence-electron chi connectivity index (χ4n) is 1.33. The predicted octanol–water partition coefficient (Wildman–Crippen LogP) is 2.94. The van der Waals surface area contributed by atoms with E-state index in [2.05, 4.69) is 0 Å². The molecule has 1 rings (SSSR count). The lowest BCUT2D eigenvalue weighted by Crippen LogP contribution is -2.05. The fourth-order valence-corrected chi connectivity index (χ4v) is 1.33. The monoisotopic (exact) mass is 174 g/mol. The molecule has 1 nitrogen and oxygen atoms in total. The van der Waals surface area contributed by atoms with Gasteiger partial charge in [0.15, 0.2) is 0 Å². The third kappa shape index (κ3) is 2.55. The van der Waals surface area contributed by atoms with Crippen LogP contribution < -0.4 is 0 Å². The minimum Gasteiger partial charge on any atom is -0.299 e. The Labute approximate surface area is 79.1 Å². The summed E-state index contributed by atoms with van der Waals surface area (Å²) in [6, 6.07) is 9.82. The minimum atomic E-state index is -0.0776. The molecule has 0 heterocycles. The van der Waals surface area contributed by atoms with E-state index in [1.165, 1.54) is 0 Å².